The first kappa shape index (κ1) is 27.0. The Balaban J connectivity index is 0.000000273. The van der Waals surface area contributed by atoms with Gasteiger partial charge in [0.15, 0.2) is 5.67 Å². The van der Waals surface area contributed by atoms with Crippen LogP contribution in [0.5, 0.6) is 0 Å². The number of rotatable bonds is 7. The zero-order valence-electron chi connectivity index (χ0n) is 20.9. The van der Waals surface area contributed by atoms with Crippen LogP contribution >= 0.6 is 0 Å². The molecule has 0 spiro atoms. The number of hydrogen-bond donors (Lipinski definition) is 2. The van der Waals surface area contributed by atoms with Gasteiger partial charge in [-0.15, -0.1) is 0 Å². The number of likely N-dealkylation sites (tertiary alicyclic amines) is 1. The van der Waals surface area contributed by atoms with Crippen LogP contribution in [0.2, 0.25) is 0 Å². The second-order valence-electron chi connectivity index (χ2n) is 10.5. The number of halogens is 1. The fraction of sp³-hybridized carbons (Fsp3) is 0.654. The van der Waals surface area contributed by atoms with Crippen molar-refractivity contribution < 1.29 is 18.8 Å². The Morgan fingerprint density at radius 3 is 2.39 bits per heavy atom. The van der Waals surface area contributed by atoms with Crippen LogP contribution in [0.15, 0.2) is 24.3 Å². The number of hydrogen-bond acceptors (Lipinski definition) is 4. The molecule has 2 atom stereocenters. The van der Waals surface area contributed by atoms with Gasteiger partial charge in [0, 0.05) is 13.1 Å². The summed E-state index contributed by atoms with van der Waals surface area (Å²) in [5, 5.41) is 5.74. The molecule has 1 aromatic rings. The van der Waals surface area contributed by atoms with E-state index in [1.165, 1.54) is 16.0 Å². The molecule has 0 radical (unpaired) electrons. The fourth-order valence-corrected chi connectivity index (χ4v) is 4.07. The highest BCUT2D eigenvalue weighted by atomic mass is 19.1. The summed E-state index contributed by atoms with van der Waals surface area (Å²) >= 11 is 0. The lowest BCUT2D eigenvalue weighted by Crippen LogP contribution is -2.57. The van der Waals surface area contributed by atoms with E-state index in [1.54, 1.807) is 0 Å². The smallest absolute Gasteiger partial charge is 0.258 e. The van der Waals surface area contributed by atoms with E-state index in [9.17, 15) is 18.8 Å². The molecule has 1 aromatic carbocycles. The molecular weight excluding hydrogens is 421 g/mol. The third-order valence-corrected chi connectivity index (χ3v) is 6.27. The molecule has 2 aliphatic rings. The summed E-state index contributed by atoms with van der Waals surface area (Å²) in [6, 6.07) is 7.34. The van der Waals surface area contributed by atoms with E-state index >= 15 is 0 Å². The quantitative estimate of drug-likeness (QED) is 0.607. The standard InChI is InChI=1S/C15H23FN2O3.C11H17N/c1-14(2,3)11(17-13(21)15(16)6-7-15)12(20)18-8-4-5-10(18)9-19;1-9(2)11-7-5-4-6-10(11)8-12-3/h9-11H,4-8H2,1-3H3,(H,17,21);4-7,9,12H,8H2,1-3H3. The largest absolute Gasteiger partial charge is 0.341 e. The van der Waals surface area contributed by atoms with Crippen LogP contribution < -0.4 is 10.6 Å². The molecule has 1 aliphatic carbocycles. The number of amides is 2. The average Bonchev–Trinajstić information content (AvgIpc) is 3.33. The van der Waals surface area contributed by atoms with Crippen LogP contribution in [0, 0.1) is 5.41 Å². The Hall–Kier alpha value is -2.28. The minimum absolute atomic E-state index is 0.213. The first-order chi connectivity index (χ1) is 15.4. The molecule has 2 unspecified atom stereocenters. The number of carbonyl (C=O) groups is 3. The monoisotopic (exact) mass is 461 g/mol. The second kappa shape index (κ2) is 11.2. The Morgan fingerprint density at radius 1 is 1.24 bits per heavy atom. The normalized spacial score (nSPS) is 20.0. The Morgan fingerprint density at radius 2 is 1.88 bits per heavy atom. The molecule has 1 saturated carbocycles. The zero-order valence-corrected chi connectivity index (χ0v) is 20.9. The number of alkyl halides is 1. The molecule has 1 saturated heterocycles. The van der Waals surface area contributed by atoms with Gasteiger partial charge < -0.3 is 20.3 Å². The molecule has 0 aromatic heterocycles. The molecular formula is C26H40FN3O3. The molecule has 3 rings (SSSR count). The maximum atomic E-state index is 13.8. The van der Waals surface area contributed by atoms with Crippen LogP contribution in [0.4, 0.5) is 4.39 Å². The number of nitrogens with zero attached hydrogens (tertiary/aromatic N) is 1. The van der Waals surface area contributed by atoms with Gasteiger partial charge in [0.25, 0.3) is 5.91 Å². The summed E-state index contributed by atoms with van der Waals surface area (Å²) in [5.41, 5.74) is 0.509. The van der Waals surface area contributed by atoms with Gasteiger partial charge in [-0.05, 0) is 55.2 Å². The van der Waals surface area contributed by atoms with E-state index in [0.29, 0.717) is 18.9 Å². The van der Waals surface area contributed by atoms with Gasteiger partial charge >= 0.3 is 0 Å². The molecule has 2 N–H and O–H groups in total. The van der Waals surface area contributed by atoms with Crippen LogP contribution in [0.25, 0.3) is 0 Å². The van der Waals surface area contributed by atoms with E-state index in [1.807, 2.05) is 27.8 Å². The lowest BCUT2D eigenvalue weighted by Gasteiger charge is -2.35. The summed E-state index contributed by atoms with van der Waals surface area (Å²) < 4.78 is 13.8. The Kier molecular flexibility index (Phi) is 9.18. The first-order valence-electron chi connectivity index (χ1n) is 11.9. The van der Waals surface area contributed by atoms with E-state index in [-0.39, 0.29) is 18.7 Å². The number of aldehydes is 1. The molecule has 2 fully saturated rings. The van der Waals surface area contributed by atoms with E-state index in [2.05, 4.69) is 48.7 Å². The fourth-order valence-electron chi connectivity index (χ4n) is 4.07. The predicted molar refractivity (Wildman–Crippen MR) is 129 cm³/mol. The predicted octanol–water partition coefficient (Wildman–Crippen LogP) is 3.74. The molecule has 33 heavy (non-hydrogen) atoms. The van der Waals surface area contributed by atoms with Crippen molar-refractivity contribution in [3.63, 3.8) is 0 Å². The van der Waals surface area contributed by atoms with Crippen LogP contribution in [0.3, 0.4) is 0 Å². The van der Waals surface area contributed by atoms with Gasteiger partial charge in [-0.25, -0.2) is 4.39 Å². The van der Waals surface area contributed by atoms with Gasteiger partial charge in [-0.2, -0.15) is 0 Å². The first-order valence-corrected chi connectivity index (χ1v) is 11.9. The highest BCUT2D eigenvalue weighted by Gasteiger charge is 2.52. The molecule has 1 heterocycles. The average molecular weight is 462 g/mol. The van der Waals surface area contributed by atoms with E-state index < -0.39 is 29.1 Å². The second-order valence-corrected chi connectivity index (χ2v) is 10.5. The van der Waals surface area contributed by atoms with Crippen LogP contribution in [-0.4, -0.2) is 54.3 Å². The van der Waals surface area contributed by atoms with Gasteiger partial charge in [0.1, 0.15) is 12.3 Å². The van der Waals surface area contributed by atoms with Crippen molar-refractivity contribution in [1.29, 1.82) is 0 Å². The summed E-state index contributed by atoms with van der Waals surface area (Å²) in [4.78, 5) is 37.1. The third-order valence-electron chi connectivity index (χ3n) is 6.27. The lowest BCUT2D eigenvalue weighted by atomic mass is 9.85. The molecule has 6 nitrogen and oxygen atoms in total. The topological polar surface area (TPSA) is 78.5 Å². The highest BCUT2D eigenvalue weighted by Crippen LogP contribution is 2.40. The van der Waals surface area contributed by atoms with Crippen LogP contribution in [-0.2, 0) is 20.9 Å². The minimum atomic E-state index is -1.81. The van der Waals surface area contributed by atoms with Crippen molar-refractivity contribution >= 4 is 18.1 Å². The maximum Gasteiger partial charge on any atom is 0.258 e. The van der Waals surface area contributed by atoms with Crippen molar-refractivity contribution in [1.82, 2.24) is 15.5 Å². The SMILES string of the molecule is CC(C)(C)C(NC(=O)C1(F)CC1)C(=O)N1CCCC1C=O.CNCc1ccccc1C(C)C. The van der Waals surface area contributed by atoms with Gasteiger partial charge in [-0.1, -0.05) is 58.9 Å². The molecule has 1 aliphatic heterocycles. The number of carbonyl (C=O) groups excluding carboxylic acids is 3. The maximum absolute atomic E-state index is 13.8. The summed E-state index contributed by atoms with van der Waals surface area (Å²) in [5.74, 6) is -0.387. The van der Waals surface area contributed by atoms with Gasteiger partial charge in [-0.3, -0.25) is 9.59 Å². The zero-order chi connectivity index (χ0) is 24.8. The molecule has 7 heteroatoms. The van der Waals surface area contributed by atoms with Crippen LogP contribution in [0.1, 0.15) is 77.3 Å². The van der Waals surface area contributed by atoms with Crippen molar-refractivity contribution in [3.05, 3.63) is 35.4 Å². The van der Waals surface area contributed by atoms with Gasteiger partial charge in [0.2, 0.25) is 5.91 Å². The van der Waals surface area contributed by atoms with Crippen molar-refractivity contribution in [2.24, 2.45) is 5.41 Å². The number of nitrogens with one attached hydrogen (secondary N) is 2. The van der Waals surface area contributed by atoms with Crippen molar-refractivity contribution in [2.45, 2.75) is 90.5 Å². The summed E-state index contributed by atoms with van der Waals surface area (Å²) in [6.45, 7) is 11.4. The molecule has 0 bridgehead atoms. The molecule has 2 amide bonds. The summed E-state index contributed by atoms with van der Waals surface area (Å²) in [6.07, 6.45) is 2.61. The minimum Gasteiger partial charge on any atom is -0.341 e. The Labute approximate surface area is 197 Å². The van der Waals surface area contributed by atoms with E-state index in [4.69, 9.17) is 0 Å². The number of benzene rings is 1. The summed E-state index contributed by atoms with van der Waals surface area (Å²) in [7, 11) is 1.98. The highest BCUT2D eigenvalue weighted by molar-refractivity contribution is 5.94. The van der Waals surface area contributed by atoms with Crippen molar-refractivity contribution in [3.8, 4) is 0 Å². The van der Waals surface area contributed by atoms with Crippen molar-refractivity contribution in [2.75, 3.05) is 13.6 Å². The van der Waals surface area contributed by atoms with E-state index in [0.717, 1.165) is 19.3 Å². The molecule has 184 valence electrons. The van der Waals surface area contributed by atoms with Gasteiger partial charge in [0.05, 0.1) is 6.04 Å². The third kappa shape index (κ3) is 7.10. The Bertz CT molecular complexity index is 830. The lowest BCUT2D eigenvalue weighted by molar-refractivity contribution is -0.142.